The molecule has 0 radical (unpaired) electrons. The van der Waals surface area contributed by atoms with Crippen LogP contribution in [0.5, 0.6) is 17.2 Å². The third-order valence-corrected chi connectivity index (χ3v) is 4.63. The second-order valence-electron chi connectivity index (χ2n) is 6.43. The smallest absolute Gasteiger partial charge is 0.325 e. The fraction of sp³-hybridized carbons (Fsp3) is 0.300. The zero-order valence-electron chi connectivity index (χ0n) is 15.5. The van der Waals surface area contributed by atoms with Crippen molar-refractivity contribution in [1.82, 2.24) is 4.90 Å². The second-order valence-corrected chi connectivity index (χ2v) is 6.43. The maximum Gasteiger partial charge on any atom is 0.325 e. The van der Waals surface area contributed by atoms with Gasteiger partial charge in [-0.3, -0.25) is 9.69 Å². The van der Waals surface area contributed by atoms with Gasteiger partial charge in [0.1, 0.15) is 25.5 Å². The first-order valence-electron chi connectivity index (χ1n) is 9.04. The summed E-state index contributed by atoms with van der Waals surface area (Å²) in [6.07, 6.45) is 0. The zero-order valence-corrected chi connectivity index (χ0v) is 15.5. The standard InChI is InChI=1S/C20H21N3O5/c1-26-16-5-3-2-4-15(16)23-9-8-22(20(23)25)13-19(24)21-14-6-7-17-18(12-14)28-11-10-27-17/h2-7,12H,8-11,13H2,1H3,(H,21,24). The van der Waals surface area contributed by atoms with Crippen LogP contribution in [0.4, 0.5) is 16.2 Å². The third kappa shape index (κ3) is 3.53. The molecule has 2 aromatic carbocycles. The number of para-hydroxylation sites is 2. The van der Waals surface area contributed by atoms with Crippen molar-refractivity contribution >= 4 is 23.3 Å². The minimum atomic E-state index is -0.271. The van der Waals surface area contributed by atoms with Crippen molar-refractivity contribution in [2.75, 3.05) is 50.2 Å². The minimum Gasteiger partial charge on any atom is -0.495 e. The van der Waals surface area contributed by atoms with Gasteiger partial charge < -0.3 is 24.4 Å². The lowest BCUT2D eigenvalue weighted by atomic mass is 10.2. The van der Waals surface area contributed by atoms with Gasteiger partial charge in [0.2, 0.25) is 5.91 Å². The average Bonchev–Trinajstić information content (AvgIpc) is 3.07. The Labute approximate surface area is 162 Å². The molecule has 3 amide bonds. The van der Waals surface area contributed by atoms with Crippen molar-refractivity contribution in [3.63, 3.8) is 0 Å². The third-order valence-electron chi connectivity index (χ3n) is 4.63. The van der Waals surface area contributed by atoms with Gasteiger partial charge >= 0.3 is 6.03 Å². The molecule has 1 saturated heterocycles. The van der Waals surface area contributed by atoms with E-state index in [1.165, 1.54) is 4.90 Å². The summed E-state index contributed by atoms with van der Waals surface area (Å²) in [7, 11) is 1.57. The van der Waals surface area contributed by atoms with Crippen LogP contribution in [0.25, 0.3) is 0 Å². The Morgan fingerprint density at radius 3 is 2.71 bits per heavy atom. The predicted octanol–water partition coefficient (Wildman–Crippen LogP) is 2.35. The van der Waals surface area contributed by atoms with Gasteiger partial charge in [0.15, 0.2) is 11.5 Å². The molecule has 146 valence electrons. The van der Waals surface area contributed by atoms with E-state index < -0.39 is 0 Å². The molecule has 0 unspecified atom stereocenters. The monoisotopic (exact) mass is 383 g/mol. The van der Waals surface area contributed by atoms with Gasteiger partial charge in [0.05, 0.1) is 12.8 Å². The van der Waals surface area contributed by atoms with Gasteiger partial charge in [-0.15, -0.1) is 0 Å². The number of amides is 3. The molecule has 8 heteroatoms. The highest BCUT2D eigenvalue weighted by atomic mass is 16.6. The van der Waals surface area contributed by atoms with Gasteiger partial charge in [-0.2, -0.15) is 0 Å². The van der Waals surface area contributed by atoms with Crippen molar-refractivity contribution in [3.05, 3.63) is 42.5 Å². The fourth-order valence-electron chi connectivity index (χ4n) is 3.30. The van der Waals surface area contributed by atoms with E-state index in [1.54, 1.807) is 36.3 Å². The predicted molar refractivity (Wildman–Crippen MR) is 103 cm³/mol. The van der Waals surface area contributed by atoms with Crippen LogP contribution >= 0.6 is 0 Å². The van der Waals surface area contributed by atoms with E-state index in [9.17, 15) is 9.59 Å². The normalized spacial score (nSPS) is 15.5. The van der Waals surface area contributed by atoms with Crippen LogP contribution in [0.15, 0.2) is 42.5 Å². The number of rotatable bonds is 5. The maximum absolute atomic E-state index is 12.7. The van der Waals surface area contributed by atoms with Crippen molar-refractivity contribution < 1.29 is 23.8 Å². The molecule has 2 aliphatic heterocycles. The molecule has 0 saturated carbocycles. The van der Waals surface area contributed by atoms with Crippen molar-refractivity contribution in [1.29, 1.82) is 0 Å². The molecule has 0 aromatic heterocycles. The largest absolute Gasteiger partial charge is 0.495 e. The van der Waals surface area contributed by atoms with Crippen LogP contribution in [0.1, 0.15) is 0 Å². The van der Waals surface area contributed by atoms with Gasteiger partial charge in [0, 0.05) is 24.8 Å². The minimum absolute atomic E-state index is 0.0288. The molecule has 8 nitrogen and oxygen atoms in total. The van der Waals surface area contributed by atoms with Gasteiger partial charge in [-0.05, 0) is 24.3 Å². The highest BCUT2D eigenvalue weighted by Gasteiger charge is 2.32. The SMILES string of the molecule is COc1ccccc1N1CCN(CC(=O)Nc2ccc3c(c2)OCCO3)C1=O. The Bertz CT molecular complexity index is 901. The van der Waals surface area contributed by atoms with Gasteiger partial charge in [0.25, 0.3) is 0 Å². The number of carbonyl (C=O) groups is 2. The first kappa shape index (κ1) is 18.0. The number of fused-ring (bicyclic) bond motifs is 1. The number of carbonyl (C=O) groups excluding carboxylic acids is 2. The van der Waals surface area contributed by atoms with Crippen LogP contribution in [0, 0.1) is 0 Å². The summed E-state index contributed by atoms with van der Waals surface area (Å²) < 4.78 is 16.3. The van der Waals surface area contributed by atoms with E-state index in [0.717, 1.165) is 0 Å². The van der Waals surface area contributed by atoms with Crippen molar-refractivity contribution in [2.45, 2.75) is 0 Å². The van der Waals surface area contributed by atoms with Crippen molar-refractivity contribution in [3.8, 4) is 17.2 Å². The van der Waals surface area contributed by atoms with Gasteiger partial charge in [-0.25, -0.2) is 4.79 Å². The second kappa shape index (κ2) is 7.67. The number of urea groups is 1. The Balaban J connectivity index is 1.39. The van der Waals surface area contributed by atoms with E-state index in [1.807, 2.05) is 18.2 Å². The number of benzene rings is 2. The molecule has 0 atom stereocenters. The molecular weight excluding hydrogens is 362 g/mol. The lowest BCUT2D eigenvalue weighted by Crippen LogP contribution is -2.37. The van der Waals surface area contributed by atoms with E-state index in [0.29, 0.717) is 54.9 Å². The van der Waals surface area contributed by atoms with Gasteiger partial charge in [-0.1, -0.05) is 12.1 Å². The number of methoxy groups -OCH3 is 1. The highest BCUT2D eigenvalue weighted by Crippen LogP contribution is 2.33. The molecule has 2 heterocycles. The number of ether oxygens (including phenoxy) is 3. The van der Waals surface area contributed by atoms with Crippen LogP contribution in [-0.4, -0.2) is 56.8 Å². The molecule has 2 aromatic rings. The molecule has 0 spiro atoms. The van der Waals surface area contributed by atoms with E-state index in [-0.39, 0.29) is 18.5 Å². The summed E-state index contributed by atoms with van der Waals surface area (Å²) in [5, 5.41) is 2.81. The number of hydrogen-bond acceptors (Lipinski definition) is 5. The summed E-state index contributed by atoms with van der Waals surface area (Å²) in [5.41, 5.74) is 1.30. The molecule has 4 rings (SSSR count). The number of hydrogen-bond donors (Lipinski definition) is 1. The van der Waals surface area contributed by atoms with E-state index in [2.05, 4.69) is 5.32 Å². The molecule has 28 heavy (non-hydrogen) atoms. The average molecular weight is 383 g/mol. The number of nitrogens with zero attached hydrogens (tertiary/aromatic N) is 2. The fourth-order valence-corrected chi connectivity index (χ4v) is 3.30. The number of nitrogens with one attached hydrogen (secondary N) is 1. The summed E-state index contributed by atoms with van der Waals surface area (Å²) >= 11 is 0. The first-order chi connectivity index (χ1) is 13.7. The summed E-state index contributed by atoms with van der Waals surface area (Å²) in [6, 6.07) is 12.3. The summed E-state index contributed by atoms with van der Waals surface area (Å²) in [6.45, 7) is 1.92. The quantitative estimate of drug-likeness (QED) is 0.857. The Kier molecular flexibility index (Phi) is 4.92. The van der Waals surface area contributed by atoms with Crippen molar-refractivity contribution in [2.24, 2.45) is 0 Å². The molecule has 0 aliphatic carbocycles. The van der Waals surface area contributed by atoms with E-state index >= 15 is 0 Å². The van der Waals surface area contributed by atoms with Crippen LogP contribution < -0.4 is 24.4 Å². The van der Waals surface area contributed by atoms with E-state index in [4.69, 9.17) is 14.2 Å². The van der Waals surface area contributed by atoms with Crippen LogP contribution in [-0.2, 0) is 4.79 Å². The summed E-state index contributed by atoms with van der Waals surface area (Å²) in [4.78, 5) is 28.3. The molecule has 0 bridgehead atoms. The lowest BCUT2D eigenvalue weighted by Gasteiger charge is -2.21. The Morgan fingerprint density at radius 2 is 1.89 bits per heavy atom. The van der Waals surface area contributed by atoms with Crippen LogP contribution in [0.2, 0.25) is 0 Å². The first-order valence-corrected chi connectivity index (χ1v) is 9.04. The molecule has 1 N–H and O–H groups in total. The summed E-state index contributed by atoms with van der Waals surface area (Å²) in [5.74, 6) is 1.61. The molecule has 2 aliphatic rings. The highest BCUT2D eigenvalue weighted by molar-refractivity contribution is 6.00. The van der Waals surface area contributed by atoms with Crippen LogP contribution in [0.3, 0.4) is 0 Å². The maximum atomic E-state index is 12.7. The molecule has 1 fully saturated rings. The zero-order chi connectivity index (χ0) is 19.5. The number of anilines is 2. The Morgan fingerprint density at radius 1 is 1.11 bits per heavy atom. The topological polar surface area (TPSA) is 80.3 Å². The molecular formula is C20H21N3O5. The Hall–Kier alpha value is -3.42. The lowest BCUT2D eigenvalue weighted by molar-refractivity contribution is -0.116.